The van der Waals surface area contributed by atoms with Gasteiger partial charge in [-0.25, -0.2) is 0 Å². The number of nitrogens with zero attached hydrogens (tertiary/aromatic N) is 3. The zero-order chi connectivity index (χ0) is 16.9. The van der Waals surface area contributed by atoms with Crippen LogP contribution in [-0.4, -0.2) is 80.5 Å². The van der Waals surface area contributed by atoms with Crippen molar-refractivity contribution in [3.63, 3.8) is 0 Å². The summed E-state index contributed by atoms with van der Waals surface area (Å²) in [5, 5.41) is 9.27. The van der Waals surface area contributed by atoms with Crippen LogP contribution >= 0.6 is 0 Å². The summed E-state index contributed by atoms with van der Waals surface area (Å²) in [7, 11) is 3.91. The van der Waals surface area contributed by atoms with E-state index in [1.54, 1.807) is 7.11 Å². The van der Waals surface area contributed by atoms with E-state index in [1.165, 1.54) is 18.5 Å². The third-order valence-electron chi connectivity index (χ3n) is 5.67. The number of benzene rings is 1. The smallest absolute Gasteiger partial charge is 0.120 e. The van der Waals surface area contributed by atoms with Crippen molar-refractivity contribution < 1.29 is 9.84 Å². The number of rotatable bonds is 5. The number of piperidine rings is 1. The van der Waals surface area contributed by atoms with Crippen molar-refractivity contribution in [2.45, 2.75) is 31.3 Å². The molecule has 0 amide bonds. The van der Waals surface area contributed by atoms with Crippen molar-refractivity contribution >= 4 is 5.69 Å². The van der Waals surface area contributed by atoms with Crippen LogP contribution in [0.15, 0.2) is 24.3 Å². The first-order valence-electron chi connectivity index (χ1n) is 9.15. The lowest BCUT2D eigenvalue weighted by Gasteiger charge is -2.45. The fraction of sp³-hybridized carbons (Fsp3) is 0.684. The van der Waals surface area contributed by atoms with Gasteiger partial charge in [0.25, 0.3) is 0 Å². The molecule has 2 aliphatic heterocycles. The topological polar surface area (TPSA) is 39.2 Å². The Labute approximate surface area is 145 Å². The predicted molar refractivity (Wildman–Crippen MR) is 97.9 cm³/mol. The lowest BCUT2D eigenvalue weighted by atomic mass is 9.99. The molecule has 0 unspecified atom stereocenters. The van der Waals surface area contributed by atoms with Crippen LogP contribution in [0.5, 0.6) is 5.75 Å². The van der Waals surface area contributed by atoms with E-state index in [-0.39, 0.29) is 6.61 Å². The minimum atomic E-state index is 0.289. The SMILES string of the molecule is COc1cccc(N2CCC(N3CCN(C)[C@@H](CCO)C3)CC2)c1. The molecule has 1 aromatic carbocycles. The lowest BCUT2D eigenvalue weighted by Crippen LogP contribution is -2.56. The van der Waals surface area contributed by atoms with Crippen molar-refractivity contribution in [1.82, 2.24) is 9.80 Å². The minimum absolute atomic E-state index is 0.289. The normalized spacial score (nSPS) is 24.3. The third kappa shape index (κ3) is 4.02. The number of aliphatic hydroxyl groups is 1. The van der Waals surface area contributed by atoms with Gasteiger partial charge in [0.05, 0.1) is 7.11 Å². The zero-order valence-corrected chi connectivity index (χ0v) is 15.0. The Morgan fingerprint density at radius 2 is 1.96 bits per heavy atom. The molecule has 134 valence electrons. The number of hydrogen-bond donors (Lipinski definition) is 1. The van der Waals surface area contributed by atoms with E-state index in [0.717, 1.165) is 44.9 Å². The number of likely N-dealkylation sites (N-methyl/N-ethyl adjacent to an activating group) is 1. The Bertz CT molecular complexity index is 517. The van der Waals surface area contributed by atoms with E-state index in [2.05, 4.69) is 39.9 Å². The lowest BCUT2D eigenvalue weighted by molar-refractivity contribution is 0.0446. The summed E-state index contributed by atoms with van der Waals surface area (Å²) in [6.45, 7) is 5.87. The number of aliphatic hydroxyl groups excluding tert-OH is 1. The molecule has 5 heteroatoms. The van der Waals surface area contributed by atoms with Gasteiger partial charge in [-0.3, -0.25) is 4.90 Å². The first-order valence-corrected chi connectivity index (χ1v) is 9.15. The molecule has 2 saturated heterocycles. The molecule has 0 bridgehead atoms. The van der Waals surface area contributed by atoms with Gasteiger partial charge < -0.3 is 19.6 Å². The molecule has 0 aliphatic carbocycles. The summed E-state index contributed by atoms with van der Waals surface area (Å²) in [5.74, 6) is 0.931. The average molecular weight is 333 g/mol. The van der Waals surface area contributed by atoms with Crippen molar-refractivity contribution in [3.05, 3.63) is 24.3 Å². The Kier molecular flexibility index (Phi) is 5.98. The highest BCUT2D eigenvalue weighted by Gasteiger charge is 2.30. The molecule has 0 spiro atoms. The number of piperazine rings is 1. The molecule has 1 N–H and O–H groups in total. The quantitative estimate of drug-likeness (QED) is 0.887. The second kappa shape index (κ2) is 8.19. The zero-order valence-electron chi connectivity index (χ0n) is 15.0. The van der Waals surface area contributed by atoms with Crippen LogP contribution in [0.25, 0.3) is 0 Å². The summed E-state index contributed by atoms with van der Waals surface area (Å²) in [4.78, 5) is 7.53. The van der Waals surface area contributed by atoms with Gasteiger partial charge in [-0.2, -0.15) is 0 Å². The predicted octanol–water partition coefficient (Wildman–Crippen LogP) is 1.66. The fourth-order valence-electron chi connectivity index (χ4n) is 4.06. The standard InChI is InChI=1S/C19H31N3O2/c1-20-11-12-22(15-18(20)8-13-23)16-6-9-21(10-7-16)17-4-3-5-19(14-17)24-2/h3-5,14,16,18,23H,6-13,15H2,1-2H3/t18-/m0/s1. The molecule has 2 aliphatic rings. The maximum absolute atomic E-state index is 9.27. The van der Waals surface area contributed by atoms with Crippen LogP contribution < -0.4 is 9.64 Å². The van der Waals surface area contributed by atoms with Gasteiger partial charge >= 0.3 is 0 Å². The van der Waals surface area contributed by atoms with E-state index >= 15 is 0 Å². The van der Waals surface area contributed by atoms with Gasteiger partial charge in [0.2, 0.25) is 0 Å². The summed E-state index contributed by atoms with van der Waals surface area (Å²) >= 11 is 0. The van der Waals surface area contributed by atoms with Gasteiger partial charge in [-0.1, -0.05) is 6.07 Å². The highest BCUT2D eigenvalue weighted by molar-refractivity contribution is 5.51. The van der Waals surface area contributed by atoms with Crippen molar-refractivity contribution in [1.29, 1.82) is 0 Å². The Balaban J connectivity index is 1.55. The van der Waals surface area contributed by atoms with Crippen molar-refractivity contribution in [2.24, 2.45) is 0 Å². The van der Waals surface area contributed by atoms with Gasteiger partial charge in [0.15, 0.2) is 0 Å². The van der Waals surface area contributed by atoms with E-state index in [1.807, 2.05) is 6.07 Å². The molecule has 3 rings (SSSR count). The van der Waals surface area contributed by atoms with Crippen LogP contribution in [0.3, 0.4) is 0 Å². The summed E-state index contributed by atoms with van der Waals surface area (Å²) in [6.07, 6.45) is 3.31. The monoisotopic (exact) mass is 333 g/mol. The summed E-state index contributed by atoms with van der Waals surface area (Å²) in [5.41, 5.74) is 1.27. The highest BCUT2D eigenvalue weighted by atomic mass is 16.5. The van der Waals surface area contributed by atoms with Crippen LogP contribution in [0.1, 0.15) is 19.3 Å². The molecule has 0 saturated carbocycles. The average Bonchev–Trinajstić information content (AvgIpc) is 2.64. The molecule has 2 heterocycles. The number of ether oxygens (including phenoxy) is 1. The van der Waals surface area contributed by atoms with E-state index in [4.69, 9.17) is 4.74 Å². The largest absolute Gasteiger partial charge is 0.497 e. The van der Waals surface area contributed by atoms with Crippen LogP contribution in [0.4, 0.5) is 5.69 Å². The number of anilines is 1. The van der Waals surface area contributed by atoms with Crippen molar-refractivity contribution in [3.8, 4) is 5.75 Å². The molecule has 1 aromatic rings. The van der Waals surface area contributed by atoms with Crippen molar-refractivity contribution in [2.75, 3.05) is 58.4 Å². The van der Waals surface area contributed by atoms with Crippen LogP contribution in [-0.2, 0) is 0 Å². The Hall–Kier alpha value is -1.30. The van der Waals surface area contributed by atoms with Gasteiger partial charge in [-0.05, 0) is 38.4 Å². The molecule has 0 radical (unpaired) electrons. The Morgan fingerprint density at radius 1 is 1.17 bits per heavy atom. The molecular weight excluding hydrogens is 302 g/mol. The second-order valence-corrected chi connectivity index (χ2v) is 7.06. The molecule has 1 atom stereocenters. The maximum Gasteiger partial charge on any atom is 0.120 e. The van der Waals surface area contributed by atoms with Crippen LogP contribution in [0, 0.1) is 0 Å². The maximum atomic E-state index is 9.27. The molecule has 24 heavy (non-hydrogen) atoms. The molecule has 0 aromatic heterocycles. The molecule has 5 nitrogen and oxygen atoms in total. The fourth-order valence-corrected chi connectivity index (χ4v) is 4.06. The Morgan fingerprint density at radius 3 is 2.67 bits per heavy atom. The minimum Gasteiger partial charge on any atom is -0.497 e. The number of methoxy groups -OCH3 is 1. The molecule has 2 fully saturated rings. The third-order valence-corrected chi connectivity index (χ3v) is 5.67. The second-order valence-electron chi connectivity index (χ2n) is 7.06. The van der Waals surface area contributed by atoms with Gasteiger partial charge in [0.1, 0.15) is 5.75 Å². The molecular formula is C19H31N3O2. The summed E-state index contributed by atoms with van der Waals surface area (Å²) in [6, 6.07) is 9.56. The van der Waals surface area contributed by atoms with Gasteiger partial charge in [-0.15, -0.1) is 0 Å². The van der Waals surface area contributed by atoms with Gasteiger partial charge in [0, 0.05) is 63.2 Å². The highest BCUT2D eigenvalue weighted by Crippen LogP contribution is 2.26. The van der Waals surface area contributed by atoms with E-state index < -0.39 is 0 Å². The van der Waals surface area contributed by atoms with E-state index in [0.29, 0.717) is 12.1 Å². The first-order chi connectivity index (χ1) is 11.7. The number of hydrogen-bond acceptors (Lipinski definition) is 5. The first kappa shape index (κ1) is 17.5. The van der Waals surface area contributed by atoms with Crippen LogP contribution in [0.2, 0.25) is 0 Å². The summed E-state index contributed by atoms with van der Waals surface area (Å²) < 4.78 is 5.35. The van der Waals surface area contributed by atoms with E-state index in [9.17, 15) is 5.11 Å².